The van der Waals surface area contributed by atoms with Crippen LogP contribution in [0.3, 0.4) is 0 Å². The van der Waals surface area contributed by atoms with E-state index in [1.54, 1.807) is 14.2 Å². The van der Waals surface area contributed by atoms with Crippen molar-refractivity contribution in [2.75, 3.05) is 20.8 Å². The minimum atomic E-state index is 0.426. The fourth-order valence-electron chi connectivity index (χ4n) is 3.46. The van der Waals surface area contributed by atoms with Crippen molar-refractivity contribution >= 4 is 5.96 Å². The molecule has 0 aliphatic rings. The Morgan fingerprint density at radius 3 is 2.48 bits per heavy atom. The summed E-state index contributed by atoms with van der Waals surface area (Å²) in [5.41, 5.74) is 11.6. The highest BCUT2D eigenvalue weighted by Crippen LogP contribution is 2.27. The number of methoxy groups -OCH3 is 2. The van der Waals surface area contributed by atoms with Crippen molar-refractivity contribution in [2.24, 2.45) is 10.7 Å². The van der Waals surface area contributed by atoms with Crippen molar-refractivity contribution in [1.29, 1.82) is 0 Å². The lowest BCUT2D eigenvalue weighted by Gasteiger charge is -2.10. The Kier molecular flexibility index (Phi) is 7.54. The van der Waals surface area contributed by atoms with Crippen LogP contribution in [0.5, 0.6) is 11.5 Å². The Morgan fingerprint density at radius 1 is 1.03 bits per heavy atom. The predicted octanol–water partition coefficient (Wildman–Crippen LogP) is 3.21. The first kappa shape index (κ1) is 22.2. The number of hydrogen-bond donors (Lipinski definition) is 2. The molecule has 0 spiro atoms. The zero-order valence-corrected chi connectivity index (χ0v) is 18.7. The summed E-state index contributed by atoms with van der Waals surface area (Å²) in [4.78, 5) is 4.51. The first-order valence-electron chi connectivity index (χ1n) is 10.3. The molecule has 0 bridgehead atoms. The normalized spacial score (nSPS) is 11.4. The second-order valence-corrected chi connectivity index (χ2v) is 7.36. The van der Waals surface area contributed by atoms with Crippen LogP contribution < -0.4 is 20.5 Å². The van der Waals surface area contributed by atoms with Crippen LogP contribution in [0.4, 0.5) is 0 Å². The molecule has 2 aromatic carbocycles. The molecule has 3 rings (SSSR count). The van der Waals surface area contributed by atoms with Crippen LogP contribution in [0.2, 0.25) is 0 Å². The number of guanidine groups is 1. The molecule has 3 N–H and O–H groups in total. The third-order valence-electron chi connectivity index (χ3n) is 5.28. The van der Waals surface area contributed by atoms with Gasteiger partial charge in [-0.3, -0.25) is 4.68 Å². The third-order valence-corrected chi connectivity index (χ3v) is 5.28. The van der Waals surface area contributed by atoms with Crippen LogP contribution >= 0.6 is 0 Å². The maximum atomic E-state index is 6.08. The molecule has 31 heavy (non-hydrogen) atoms. The number of benzene rings is 2. The summed E-state index contributed by atoms with van der Waals surface area (Å²) < 4.78 is 12.7. The Bertz CT molecular complexity index is 1030. The lowest BCUT2D eigenvalue weighted by atomic mass is 10.1. The Hall–Kier alpha value is -3.48. The molecule has 164 valence electrons. The molecule has 7 nitrogen and oxygen atoms in total. The molecule has 0 unspecified atom stereocenters. The fourth-order valence-corrected chi connectivity index (χ4v) is 3.46. The zero-order valence-electron chi connectivity index (χ0n) is 18.7. The number of nitrogens with one attached hydrogen (secondary N) is 1. The monoisotopic (exact) mass is 421 g/mol. The van der Waals surface area contributed by atoms with Gasteiger partial charge in [-0.05, 0) is 43.5 Å². The van der Waals surface area contributed by atoms with Crippen LogP contribution in [-0.2, 0) is 19.5 Å². The number of aryl methyl sites for hydroxylation is 1. The average molecular weight is 422 g/mol. The SMILES string of the molecule is COc1ccc(CCNC(N)=NCc2c(C)nn(Cc3ccccc3)c2C)cc1OC. The van der Waals surface area contributed by atoms with E-state index in [9.17, 15) is 0 Å². The van der Waals surface area contributed by atoms with Crippen molar-refractivity contribution < 1.29 is 9.47 Å². The lowest BCUT2D eigenvalue weighted by molar-refractivity contribution is 0.354. The van der Waals surface area contributed by atoms with Crippen molar-refractivity contribution in [2.45, 2.75) is 33.4 Å². The van der Waals surface area contributed by atoms with Crippen LogP contribution in [0.1, 0.15) is 28.1 Å². The van der Waals surface area contributed by atoms with Gasteiger partial charge in [-0.25, -0.2) is 4.99 Å². The summed E-state index contributed by atoms with van der Waals surface area (Å²) in [7, 11) is 3.27. The summed E-state index contributed by atoms with van der Waals surface area (Å²) in [5.74, 6) is 1.87. The van der Waals surface area contributed by atoms with E-state index < -0.39 is 0 Å². The smallest absolute Gasteiger partial charge is 0.188 e. The van der Waals surface area contributed by atoms with E-state index in [4.69, 9.17) is 15.2 Å². The molecule has 0 saturated carbocycles. The van der Waals surface area contributed by atoms with E-state index in [1.165, 1.54) is 5.56 Å². The first-order chi connectivity index (χ1) is 15.0. The van der Waals surface area contributed by atoms with E-state index in [1.807, 2.05) is 48.0 Å². The molecule has 0 fully saturated rings. The van der Waals surface area contributed by atoms with E-state index in [0.29, 0.717) is 19.0 Å². The second-order valence-electron chi connectivity index (χ2n) is 7.36. The highest BCUT2D eigenvalue weighted by molar-refractivity contribution is 5.77. The van der Waals surface area contributed by atoms with Gasteiger partial charge in [0.1, 0.15) is 0 Å². The van der Waals surface area contributed by atoms with Crippen molar-refractivity contribution in [3.63, 3.8) is 0 Å². The van der Waals surface area contributed by atoms with E-state index in [0.717, 1.165) is 47.0 Å². The van der Waals surface area contributed by atoms with Gasteiger partial charge < -0.3 is 20.5 Å². The van der Waals surface area contributed by atoms with E-state index in [2.05, 4.69) is 34.5 Å². The second kappa shape index (κ2) is 10.5. The summed E-state index contributed by atoms with van der Waals surface area (Å²) in [5, 5.41) is 7.86. The molecule has 0 saturated heterocycles. The van der Waals surface area contributed by atoms with E-state index in [-0.39, 0.29) is 0 Å². The topological polar surface area (TPSA) is 86.7 Å². The lowest BCUT2D eigenvalue weighted by Crippen LogP contribution is -2.33. The van der Waals surface area contributed by atoms with Crippen LogP contribution in [0.15, 0.2) is 53.5 Å². The maximum Gasteiger partial charge on any atom is 0.188 e. The molecule has 7 heteroatoms. The zero-order chi connectivity index (χ0) is 22.2. The number of nitrogens with zero attached hydrogens (tertiary/aromatic N) is 3. The van der Waals surface area contributed by atoms with Crippen molar-refractivity contribution in [3.05, 3.63) is 76.6 Å². The average Bonchev–Trinajstić information content (AvgIpc) is 3.05. The van der Waals surface area contributed by atoms with Gasteiger partial charge in [0.25, 0.3) is 0 Å². The molecule has 1 heterocycles. The van der Waals surface area contributed by atoms with Gasteiger partial charge in [-0.2, -0.15) is 5.10 Å². The molecule has 0 aliphatic carbocycles. The Balaban J connectivity index is 1.56. The summed E-state index contributed by atoms with van der Waals surface area (Å²) in [6.45, 7) is 6.02. The molecule has 0 radical (unpaired) electrons. The molecule has 0 aliphatic heterocycles. The summed E-state index contributed by atoms with van der Waals surface area (Å²) >= 11 is 0. The minimum absolute atomic E-state index is 0.426. The molecule has 0 atom stereocenters. The molecule has 1 aromatic heterocycles. The number of ether oxygens (including phenoxy) is 2. The Labute approximate surface area is 183 Å². The highest BCUT2D eigenvalue weighted by atomic mass is 16.5. The standard InChI is InChI=1S/C24H31N5O2/c1-17-21(18(2)29(28-17)16-20-8-6-5-7-9-20)15-27-24(25)26-13-12-19-10-11-22(30-3)23(14-19)31-4/h5-11,14H,12-13,15-16H2,1-4H3,(H3,25,26,27). The number of nitrogens with two attached hydrogens (primary N) is 1. The summed E-state index contributed by atoms with van der Waals surface area (Å²) in [6, 6.07) is 16.2. The quantitative estimate of drug-likeness (QED) is 0.409. The number of rotatable bonds is 9. The van der Waals surface area contributed by atoms with Gasteiger partial charge in [0.15, 0.2) is 17.5 Å². The van der Waals surface area contributed by atoms with Crippen LogP contribution in [0.25, 0.3) is 0 Å². The van der Waals surface area contributed by atoms with Gasteiger partial charge in [-0.1, -0.05) is 36.4 Å². The molecular weight excluding hydrogens is 390 g/mol. The van der Waals surface area contributed by atoms with Crippen molar-refractivity contribution in [1.82, 2.24) is 15.1 Å². The minimum Gasteiger partial charge on any atom is -0.493 e. The third kappa shape index (κ3) is 5.78. The fraction of sp³-hybridized carbons (Fsp3) is 0.333. The van der Waals surface area contributed by atoms with E-state index >= 15 is 0 Å². The molecule has 3 aromatic rings. The number of hydrogen-bond acceptors (Lipinski definition) is 4. The largest absolute Gasteiger partial charge is 0.493 e. The highest BCUT2D eigenvalue weighted by Gasteiger charge is 2.11. The van der Waals surface area contributed by atoms with Crippen LogP contribution in [-0.4, -0.2) is 36.5 Å². The maximum absolute atomic E-state index is 6.08. The van der Waals surface area contributed by atoms with Gasteiger partial charge in [0.2, 0.25) is 0 Å². The summed E-state index contributed by atoms with van der Waals surface area (Å²) in [6.07, 6.45) is 0.795. The predicted molar refractivity (Wildman–Crippen MR) is 124 cm³/mol. The molecular formula is C24H31N5O2. The van der Waals surface area contributed by atoms with Gasteiger partial charge >= 0.3 is 0 Å². The number of aromatic nitrogens is 2. The van der Waals surface area contributed by atoms with Crippen molar-refractivity contribution in [3.8, 4) is 11.5 Å². The first-order valence-corrected chi connectivity index (χ1v) is 10.3. The molecule has 0 amide bonds. The van der Waals surface area contributed by atoms with Gasteiger partial charge in [0, 0.05) is 17.8 Å². The Morgan fingerprint density at radius 2 is 1.77 bits per heavy atom. The van der Waals surface area contributed by atoms with Gasteiger partial charge in [0.05, 0.1) is 33.0 Å². The number of aliphatic imine (C=N–C) groups is 1. The van der Waals surface area contributed by atoms with Crippen LogP contribution in [0, 0.1) is 13.8 Å². The van der Waals surface area contributed by atoms with Gasteiger partial charge in [-0.15, -0.1) is 0 Å².